The normalized spacial score (nSPS) is 10.4. The minimum absolute atomic E-state index is 0.0370. The Bertz CT molecular complexity index is 839. The largest absolute Gasteiger partial charge is 0.423 e. The maximum Gasteiger partial charge on any atom is 0.343 e. The molecule has 28 heavy (non-hydrogen) atoms. The van der Waals surface area contributed by atoms with Crippen molar-refractivity contribution in [3.63, 3.8) is 0 Å². The fourth-order valence-corrected chi connectivity index (χ4v) is 2.65. The lowest BCUT2D eigenvalue weighted by molar-refractivity contribution is 0.0705. The van der Waals surface area contributed by atoms with Crippen LogP contribution in [0.4, 0.5) is 5.69 Å². The second-order valence-corrected chi connectivity index (χ2v) is 6.59. The van der Waals surface area contributed by atoms with Gasteiger partial charge in [-0.2, -0.15) is 0 Å². The summed E-state index contributed by atoms with van der Waals surface area (Å²) < 4.78 is 5.36. The number of nitrogens with zero attached hydrogens (tertiary/aromatic N) is 2. The van der Waals surface area contributed by atoms with E-state index in [9.17, 15) is 9.59 Å². The molecule has 0 atom stereocenters. The van der Waals surface area contributed by atoms with Crippen LogP contribution >= 0.6 is 0 Å². The molecule has 0 fully saturated rings. The number of amides is 1. The predicted octanol–water partition coefficient (Wildman–Crippen LogP) is 3.07. The Balaban J connectivity index is 2.06. The first-order valence-electron chi connectivity index (χ1n) is 9.14. The summed E-state index contributed by atoms with van der Waals surface area (Å²) in [6, 6.07) is 13.1. The lowest BCUT2D eigenvalue weighted by Gasteiger charge is -2.26. The Morgan fingerprint density at radius 3 is 2.07 bits per heavy atom. The third kappa shape index (κ3) is 5.57. The molecule has 0 heterocycles. The topological polar surface area (TPSA) is 111 Å². The number of rotatable bonds is 7. The molecular weight excluding hydrogens is 356 g/mol. The molecule has 7 nitrogen and oxygen atoms in total. The maximum atomic E-state index is 12.6. The molecule has 0 spiro atoms. The summed E-state index contributed by atoms with van der Waals surface area (Å²) in [5.41, 5.74) is 12.1. The van der Waals surface area contributed by atoms with Crippen molar-refractivity contribution in [2.45, 2.75) is 33.2 Å². The van der Waals surface area contributed by atoms with Crippen LogP contribution in [-0.4, -0.2) is 35.3 Å². The van der Waals surface area contributed by atoms with E-state index in [1.807, 2.05) is 25.7 Å². The lowest BCUT2D eigenvalue weighted by Crippen LogP contribution is -2.37. The molecule has 0 saturated heterocycles. The van der Waals surface area contributed by atoms with Crippen LogP contribution in [0.25, 0.3) is 0 Å². The van der Waals surface area contributed by atoms with E-state index in [0.29, 0.717) is 29.1 Å². The summed E-state index contributed by atoms with van der Waals surface area (Å²) in [5, 5.41) is 0. The lowest BCUT2D eigenvalue weighted by atomic mass is 10.1. The number of hydrogen-bond donors (Lipinski definition) is 2. The maximum absolute atomic E-state index is 12.6. The minimum Gasteiger partial charge on any atom is -0.423 e. The third-order valence-corrected chi connectivity index (χ3v) is 4.02. The first kappa shape index (κ1) is 21.0. The van der Waals surface area contributed by atoms with E-state index < -0.39 is 5.97 Å². The van der Waals surface area contributed by atoms with Crippen LogP contribution in [0, 0.1) is 0 Å². The molecule has 2 aromatic rings. The van der Waals surface area contributed by atoms with Crippen molar-refractivity contribution >= 4 is 23.5 Å². The van der Waals surface area contributed by atoms with E-state index >= 15 is 0 Å². The van der Waals surface area contributed by atoms with Crippen LogP contribution in [-0.2, 0) is 0 Å². The molecule has 0 saturated carbocycles. The van der Waals surface area contributed by atoms with Gasteiger partial charge in [0.1, 0.15) is 5.75 Å². The van der Waals surface area contributed by atoms with Crippen molar-refractivity contribution in [2.75, 3.05) is 6.54 Å². The molecule has 1 amide bonds. The van der Waals surface area contributed by atoms with Crippen molar-refractivity contribution < 1.29 is 14.3 Å². The highest BCUT2D eigenvalue weighted by Crippen LogP contribution is 2.18. The van der Waals surface area contributed by atoms with Crippen LogP contribution < -0.4 is 16.2 Å². The molecule has 0 unspecified atom stereocenters. The van der Waals surface area contributed by atoms with Crippen LogP contribution in [0.15, 0.2) is 53.5 Å². The number of aliphatic imine (C=N–C) groups is 1. The zero-order valence-electron chi connectivity index (χ0n) is 16.4. The SMILES string of the molecule is CCCN(C(=O)c1ccc(OC(=O)c2ccc(N=C(N)N)cc2)cc1)C(C)C. The summed E-state index contributed by atoms with van der Waals surface area (Å²) in [6.07, 6.45) is 0.890. The van der Waals surface area contributed by atoms with Gasteiger partial charge in [0, 0.05) is 18.2 Å². The quantitative estimate of drug-likeness (QED) is 0.331. The van der Waals surface area contributed by atoms with Gasteiger partial charge in [-0.05, 0) is 68.8 Å². The summed E-state index contributed by atoms with van der Waals surface area (Å²) in [6.45, 7) is 6.71. The number of esters is 1. The van der Waals surface area contributed by atoms with Crippen LogP contribution in [0.1, 0.15) is 47.9 Å². The second kappa shape index (κ2) is 9.55. The van der Waals surface area contributed by atoms with Gasteiger partial charge >= 0.3 is 5.97 Å². The third-order valence-electron chi connectivity index (χ3n) is 4.02. The van der Waals surface area contributed by atoms with Gasteiger partial charge in [-0.15, -0.1) is 0 Å². The highest BCUT2D eigenvalue weighted by Gasteiger charge is 2.18. The van der Waals surface area contributed by atoms with Gasteiger partial charge in [-0.1, -0.05) is 6.92 Å². The summed E-state index contributed by atoms with van der Waals surface area (Å²) in [5.74, 6) is -0.239. The van der Waals surface area contributed by atoms with Crippen molar-refractivity contribution in [3.8, 4) is 5.75 Å². The molecule has 0 aliphatic carbocycles. The predicted molar refractivity (Wildman–Crippen MR) is 110 cm³/mol. The molecule has 0 radical (unpaired) electrons. The van der Waals surface area contributed by atoms with Gasteiger partial charge < -0.3 is 21.1 Å². The van der Waals surface area contributed by atoms with Gasteiger partial charge in [-0.3, -0.25) is 4.79 Å². The van der Waals surface area contributed by atoms with Crippen LogP contribution in [0.2, 0.25) is 0 Å². The van der Waals surface area contributed by atoms with Gasteiger partial charge in [0.25, 0.3) is 5.91 Å². The fraction of sp³-hybridized carbons (Fsp3) is 0.286. The Hall–Kier alpha value is -3.35. The zero-order chi connectivity index (χ0) is 20.7. The highest BCUT2D eigenvalue weighted by molar-refractivity contribution is 5.95. The van der Waals surface area contributed by atoms with E-state index in [-0.39, 0.29) is 17.9 Å². The van der Waals surface area contributed by atoms with E-state index in [1.54, 1.807) is 48.5 Å². The van der Waals surface area contributed by atoms with Gasteiger partial charge in [-0.25, -0.2) is 9.79 Å². The molecule has 0 bridgehead atoms. The molecule has 4 N–H and O–H groups in total. The molecule has 148 valence electrons. The summed E-state index contributed by atoms with van der Waals surface area (Å²) in [7, 11) is 0. The van der Waals surface area contributed by atoms with Crippen LogP contribution in [0.5, 0.6) is 5.75 Å². The van der Waals surface area contributed by atoms with E-state index in [0.717, 1.165) is 6.42 Å². The number of carbonyl (C=O) groups is 2. The Kier molecular flexibility index (Phi) is 7.14. The Labute approximate surface area is 165 Å². The van der Waals surface area contributed by atoms with Gasteiger partial charge in [0.15, 0.2) is 5.96 Å². The zero-order valence-corrected chi connectivity index (χ0v) is 16.4. The molecule has 0 aliphatic heterocycles. The number of carbonyl (C=O) groups excluding carboxylic acids is 2. The van der Waals surface area contributed by atoms with Crippen molar-refractivity contribution in [1.29, 1.82) is 0 Å². The molecule has 2 rings (SSSR count). The first-order chi connectivity index (χ1) is 13.3. The average Bonchev–Trinajstić information content (AvgIpc) is 2.66. The van der Waals surface area contributed by atoms with Crippen molar-refractivity contribution in [2.24, 2.45) is 16.5 Å². The minimum atomic E-state index is -0.509. The van der Waals surface area contributed by atoms with Gasteiger partial charge in [0.2, 0.25) is 0 Å². The standard InChI is InChI=1S/C21H26N4O3/c1-4-13-25(14(2)3)19(26)15-7-11-18(12-8-15)28-20(27)16-5-9-17(10-6-16)24-21(22)23/h5-12,14H,4,13H2,1-3H3,(H4,22,23,24). The Morgan fingerprint density at radius 2 is 1.57 bits per heavy atom. The average molecular weight is 382 g/mol. The summed E-state index contributed by atoms with van der Waals surface area (Å²) >= 11 is 0. The number of guanidine groups is 1. The number of ether oxygens (including phenoxy) is 1. The molecule has 0 aromatic heterocycles. The van der Waals surface area contributed by atoms with Crippen molar-refractivity contribution in [3.05, 3.63) is 59.7 Å². The van der Waals surface area contributed by atoms with Crippen LogP contribution in [0.3, 0.4) is 0 Å². The first-order valence-corrected chi connectivity index (χ1v) is 9.14. The highest BCUT2D eigenvalue weighted by atomic mass is 16.5. The Morgan fingerprint density at radius 1 is 1.00 bits per heavy atom. The van der Waals surface area contributed by atoms with E-state index in [1.165, 1.54) is 0 Å². The van der Waals surface area contributed by atoms with Crippen molar-refractivity contribution in [1.82, 2.24) is 4.90 Å². The molecule has 7 heteroatoms. The van der Waals surface area contributed by atoms with E-state index in [2.05, 4.69) is 4.99 Å². The second-order valence-electron chi connectivity index (χ2n) is 6.59. The summed E-state index contributed by atoms with van der Waals surface area (Å²) in [4.78, 5) is 30.6. The smallest absolute Gasteiger partial charge is 0.343 e. The van der Waals surface area contributed by atoms with Gasteiger partial charge in [0.05, 0.1) is 11.3 Å². The molecule has 0 aliphatic rings. The number of hydrogen-bond acceptors (Lipinski definition) is 4. The monoisotopic (exact) mass is 382 g/mol. The fourth-order valence-electron chi connectivity index (χ4n) is 2.65. The number of benzene rings is 2. The molecule has 2 aromatic carbocycles. The number of nitrogens with two attached hydrogens (primary N) is 2. The molecular formula is C21H26N4O3. The van der Waals surface area contributed by atoms with E-state index in [4.69, 9.17) is 16.2 Å².